The summed E-state index contributed by atoms with van der Waals surface area (Å²) in [6.07, 6.45) is 3.76. The molecule has 0 aromatic rings. The molecule has 2 unspecified atom stereocenters. The van der Waals surface area contributed by atoms with Crippen LogP contribution in [0.2, 0.25) is 0 Å². The summed E-state index contributed by atoms with van der Waals surface area (Å²) in [6, 6.07) is 0. The monoisotopic (exact) mass is 184 g/mol. The molecule has 74 valence electrons. The first-order chi connectivity index (χ1) is 6.29. The maximum absolute atomic E-state index is 10.8. The molecule has 0 aromatic heterocycles. The van der Waals surface area contributed by atoms with Gasteiger partial charge in [0.2, 0.25) is 0 Å². The van der Waals surface area contributed by atoms with E-state index in [2.05, 4.69) is 6.92 Å². The Labute approximate surface area is 78.4 Å². The van der Waals surface area contributed by atoms with Crippen molar-refractivity contribution in [3.8, 4) is 0 Å². The Bertz CT molecular complexity index is 196. The van der Waals surface area contributed by atoms with Crippen molar-refractivity contribution < 1.29 is 14.3 Å². The maximum Gasteiger partial charge on any atom is 0.169 e. The van der Waals surface area contributed by atoms with Gasteiger partial charge < -0.3 is 14.3 Å². The predicted molar refractivity (Wildman–Crippen MR) is 47.2 cm³/mol. The van der Waals surface area contributed by atoms with E-state index in [4.69, 9.17) is 9.47 Å². The number of carbonyl (C=O) groups excluding carboxylic acids is 1. The fraction of sp³-hybridized carbons (Fsp3) is 0.900. The van der Waals surface area contributed by atoms with Crippen LogP contribution in [0.1, 0.15) is 26.2 Å². The lowest BCUT2D eigenvalue weighted by Gasteiger charge is -2.21. The highest BCUT2D eigenvalue weighted by atomic mass is 16.7. The van der Waals surface area contributed by atoms with Crippen LogP contribution in [0.25, 0.3) is 0 Å². The number of carbonyl (C=O) groups is 1. The third-order valence-corrected chi connectivity index (χ3v) is 3.24. The molecule has 1 aliphatic carbocycles. The minimum absolute atomic E-state index is 0.142. The Hall–Kier alpha value is -0.410. The fourth-order valence-electron chi connectivity index (χ4n) is 2.50. The minimum atomic E-state index is -0.397. The third-order valence-electron chi connectivity index (χ3n) is 3.24. The predicted octanol–water partition coefficient (Wildman–Crippen LogP) is 1.36. The summed E-state index contributed by atoms with van der Waals surface area (Å²) in [4.78, 5) is 10.8. The molecule has 13 heavy (non-hydrogen) atoms. The Balaban J connectivity index is 2.07. The highest BCUT2D eigenvalue weighted by molar-refractivity contribution is 5.55. The normalized spacial score (nSPS) is 37.0. The van der Waals surface area contributed by atoms with E-state index in [0.717, 1.165) is 25.5 Å². The molecular formula is C10H16O3. The largest absolute Gasteiger partial charge is 0.348 e. The lowest BCUT2D eigenvalue weighted by atomic mass is 9.95. The SMILES string of the molecule is CCC1CC2(CC1C=O)OCCO2. The van der Waals surface area contributed by atoms with Gasteiger partial charge in [0.05, 0.1) is 13.2 Å². The zero-order valence-corrected chi connectivity index (χ0v) is 7.99. The average molecular weight is 184 g/mol. The second-order valence-corrected chi connectivity index (χ2v) is 3.98. The van der Waals surface area contributed by atoms with Crippen LogP contribution >= 0.6 is 0 Å². The van der Waals surface area contributed by atoms with Crippen molar-refractivity contribution >= 4 is 6.29 Å². The van der Waals surface area contributed by atoms with Gasteiger partial charge in [-0.05, 0) is 5.92 Å². The van der Waals surface area contributed by atoms with Gasteiger partial charge in [-0.2, -0.15) is 0 Å². The van der Waals surface area contributed by atoms with Crippen LogP contribution in [0.3, 0.4) is 0 Å². The molecule has 2 aliphatic rings. The summed E-state index contributed by atoms with van der Waals surface area (Å²) in [5, 5.41) is 0. The number of rotatable bonds is 2. The van der Waals surface area contributed by atoms with Gasteiger partial charge in [0.1, 0.15) is 6.29 Å². The first-order valence-electron chi connectivity index (χ1n) is 5.03. The first kappa shape index (κ1) is 9.16. The molecular weight excluding hydrogens is 168 g/mol. The Morgan fingerprint density at radius 1 is 1.38 bits per heavy atom. The Kier molecular flexibility index (Phi) is 2.39. The second kappa shape index (κ2) is 3.39. The van der Waals surface area contributed by atoms with Crippen molar-refractivity contribution in [2.24, 2.45) is 11.8 Å². The molecule has 1 saturated heterocycles. The van der Waals surface area contributed by atoms with E-state index >= 15 is 0 Å². The van der Waals surface area contributed by atoms with Crippen LogP contribution in [-0.4, -0.2) is 25.3 Å². The summed E-state index contributed by atoms with van der Waals surface area (Å²) in [5.41, 5.74) is 0. The lowest BCUT2D eigenvalue weighted by molar-refractivity contribution is -0.155. The van der Waals surface area contributed by atoms with Gasteiger partial charge in [0.25, 0.3) is 0 Å². The van der Waals surface area contributed by atoms with Gasteiger partial charge in [-0.15, -0.1) is 0 Å². The molecule has 0 radical (unpaired) electrons. The van der Waals surface area contributed by atoms with Crippen molar-refractivity contribution in [3.05, 3.63) is 0 Å². The number of hydrogen-bond donors (Lipinski definition) is 0. The van der Waals surface area contributed by atoms with Crippen molar-refractivity contribution in [2.45, 2.75) is 32.0 Å². The molecule has 1 spiro atoms. The van der Waals surface area contributed by atoms with E-state index in [-0.39, 0.29) is 5.92 Å². The first-order valence-corrected chi connectivity index (χ1v) is 5.03. The van der Waals surface area contributed by atoms with Crippen LogP contribution in [0, 0.1) is 11.8 Å². The quantitative estimate of drug-likeness (QED) is 0.608. The second-order valence-electron chi connectivity index (χ2n) is 3.98. The molecule has 2 fully saturated rings. The van der Waals surface area contributed by atoms with E-state index in [0.29, 0.717) is 19.1 Å². The van der Waals surface area contributed by atoms with Gasteiger partial charge in [-0.1, -0.05) is 13.3 Å². The zero-order valence-electron chi connectivity index (χ0n) is 7.99. The molecule has 1 saturated carbocycles. The summed E-state index contributed by atoms with van der Waals surface area (Å²) in [7, 11) is 0. The van der Waals surface area contributed by atoms with Crippen LogP contribution < -0.4 is 0 Å². The van der Waals surface area contributed by atoms with Crippen molar-refractivity contribution in [2.75, 3.05) is 13.2 Å². The van der Waals surface area contributed by atoms with Gasteiger partial charge >= 0.3 is 0 Å². The number of hydrogen-bond acceptors (Lipinski definition) is 3. The zero-order chi connectivity index (χ0) is 9.31. The van der Waals surface area contributed by atoms with Crippen LogP contribution in [0.15, 0.2) is 0 Å². The molecule has 3 nitrogen and oxygen atoms in total. The highest BCUT2D eigenvalue weighted by Crippen LogP contribution is 2.44. The van der Waals surface area contributed by atoms with Gasteiger partial charge in [-0.3, -0.25) is 0 Å². The Morgan fingerprint density at radius 2 is 2.08 bits per heavy atom. The molecule has 0 N–H and O–H groups in total. The summed E-state index contributed by atoms with van der Waals surface area (Å²) in [5.74, 6) is 0.199. The lowest BCUT2D eigenvalue weighted by Crippen LogP contribution is -2.26. The average Bonchev–Trinajstić information content (AvgIpc) is 2.74. The van der Waals surface area contributed by atoms with Gasteiger partial charge in [-0.25, -0.2) is 0 Å². The third kappa shape index (κ3) is 1.51. The van der Waals surface area contributed by atoms with Crippen LogP contribution in [0.4, 0.5) is 0 Å². The minimum Gasteiger partial charge on any atom is -0.348 e. The molecule has 0 aromatic carbocycles. The van der Waals surface area contributed by atoms with Crippen molar-refractivity contribution in [1.29, 1.82) is 0 Å². The molecule has 0 bridgehead atoms. The van der Waals surface area contributed by atoms with Gasteiger partial charge in [0.15, 0.2) is 5.79 Å². The standard InChI is InChI=1S/C10H16O3/c1-2-8-5-10(6-9(8)7-11)12-3-4-13-10/h7-9H,2-6H2,1H3. The van der Waals surface area contributed by atoms with E-state index in [1.807, 2.05) is 0 Å². The van der Waals surface area contributed by atoms with E-state index in [1.165, 1.54) is 0 Å². The molecule has 2 rings (SSSR count). The van der Waals surface area contributed by atoms with Crippen molar-refractivity contribution in [3.63, 3.8) is 0 Å². The van der Waals surface area contributed by atoms with Crippen molar-refractivity contribution in [1.82, 2.24) is 0 Å². The molecule has 1 aliphatic heterocycles. The topological polar surface area (TPSA) is 35.5 Å². The van der Waals surface area contributed by atoms with Crippen LogP contribution in [-0.2, 0) is 14.3 Å². The molecule has 1 heterocycles. The van der Waals surface area contributed by atoms with Gasteiger partial charge in [0, 0.05) is 18.8 Å². The molecule has 0 amide bonds. The molecule has 3 heteroatoms. The van der Waals surface area contributed by atoms with Crippen LogP contribution in [0.5, 0.6) is 0 Å². The summed E-state index contributed by atoms with van der Waals surface area (Å²) in [6.45, 7) is 3.49. The van der Waals surface area contributed by atoms with E-state index in [9.17, 15) is 4.79 Å². The fourth-order valence-corrected chi connectivity index (χ4v) is 2.50. The summed E-state index contributed by atoms with van der Waals surface area (Å²) >= 11 is 0. The Morgan fingerprint density at radius 3 is 2.54 bits per heavy atom. The van der Waals surface area contributed by atoms with E-state index < -0.39 is 5.79 Å². The summed E-state index contributed by atoms with van der Waals surface area (Å²) < 4.78 is 11.2. The number of ether oxygens (including phenoxy) is 2. The highest BCUT2D eigenvalue weighted by Gasteiger charge is 2.48. The molecule has 2 atom stereocenters. The number of aldehydes is 1. The maximum atomic E-state index is 10.8. The smallest absolute Gasteiger partial charge is 0.169 e. The van der Waals surface area contributed by atoms with E-state index in [1.54, 1.807) is 0 Å².